The summed E-state index contributed by atoms with van der Waals surface area (Å²) >= 11 is 0. The highest BCUT2D eigenvalue weighted by atomic mass is 16.5. The minimum atomic E-state index is -1.04. The van der Waals surface area contributed by atoms with Crippen LogP contribution in [0, 0.1) is 12.8 Å². The molecule has 1 saturated heterocycles. The molecule has 7 heteroatoms. The molecule has 7 nitrogen and oxygen atoms in total. The van der Waals surface area contributed by atoms with Crippen molar-refractivity contribution in [1.29, 1.82) is 0 Å². The van der Waals surface area contributed by atoms with Crippen LogP contribution < -0.4 is 10.6 Å². The lowest BCUT2D eigenvalue weighted by Crippen LogP contribution is -2.39. The van der Waals surface area contributed by atoms with Crippen LogP contribution in [0.2, 0.25) is 0 Å². The maximum Gasteiger partial charge on any atom is 0.339 e. The van der Waals surface area contributed by atoms with E-state index in [1.807, 2.05) is 6.92 Å². The van der Waals surface area contributed by atoms with Gasteiger partial charge in [-0.2, -0.15) is 0 Å². The lowest BCUT2D eigenvalue weighted by atomic mass is 10.0. The Morgan fingerprint density at radius 1 is 1.43 bits per heavy atom. The maximum atomic E-state index is 11.7. The minimum Gasteiger partial charge on any atom is -0.478 e. The van der Waals surface area contributed by atoms with Gasteiger partial charge < -0.3 is 24.9 Å². The first-order valence-electron chi connectivity index (χ1n) is 6.93. The van der Waals surface area contributed by atoms with E-state index in [9.17, 15) is 9.59 Å². The fourth-order valence-electron chi connectivity index (χ4n) is 2.34. The highest BCUT2D eigenvalue weighted by Crippen LogP contribution is 2.19. The minimum absolute atomic E-state index is 0.115. The summed E-state index contributed by atoms with van der Waals surface area (Å²) in [5.74, 6) is 0.0386. The van der Waals surface area contributed by atoms with Crippen LogP contribution in [0.15, 0.2) is 10.5 Å². The zero-order valence-electron chi connectivity index (χ0n) is 12.1. The Labute approximate surface area is 122 Å². The second-order valence-corrected chi connectivity index (χ2v) is 5.18. The fourth-order valence-corrected chi connectivity index (χ4v) is 2.34. The van der Waals surface area contributed by atoms with Gasteiger partial charge in [0.2, 0.25) is 0 Å². The van der Waals surface area contributed by atoms with Gasteiger partial charge in [0.25, 0.3) is 0 Å². The van der Waals surface area contributed by atoms with E-state index >= 15 is 0 Å². The molecule has 2 atom stereocenters. The van der Waals surface area contributed by atoms with Crippen molar-refractivity contribution >= 4 is 12.0 Å². The monoisotopic (exact) mass is 296 g/mol. The van der Waals surface area contributed by atoms with Gasteiger partial charge in [-0.1, -0.05) is 0 Å². The number of hydrogen-bond acceptors (Lipinski definition) is 4. The quantitative estimate of drug-likeness (QED) is 0.764. The van der Waals surface area contributed by atoms with Gasteiger partial charge >= 0.3 is 12.0 Å². The molecule has 2 unspecified atom stereocenters. The molecular weight excluding hydrogens is 276 g/mol. The fraction of sp³-hybridized carbons (Fsp3) is 0.571. The molecule has 21 heavy (non-hydrogen) atoms. The number of aryl methyl sites for hydroxylation is 1. The molecule has 0 aromatic carbocycles. The third-order valence-corrected chi connectivity index (χ3v) is 3.68. The smallest absolute Gasteiger partial charge is 0.339 e. The van der Waals surface area contributed by atoms with Gasteiger partial charge in [0.1, 0.15) is 17.1 Å². The van der Waals surface area contributed by atoms with Crippen molar-refractivity contribution in [3.05, 3.63) is 23.2 Å². The molecule has 2 rings (SSSR count). The number of carboxylic acids is 1. The molecule has 2 amide bonds. The Bertz CT molecular complexity index is 525. The van der Waals surface area contributed by atoms with E-state index in [1.165, 1.54) is 6.07 Å². The number of carbonyl (C=O) groups excluding carboxylic acids is 1. The Kier molecular flexibility index (Phi) is 4.85. The van der Waals surface area contributed by atoms with Gasteiger partial charge in [-0.05, 0) is 26.3 Å². The second kappa shape index (κ2) is 6.62. The molecule has 1 aliphatic rings. The third kappa shape index (κ3) is 3.98. The molecule has 0 spiro atoms. The van der Waals surface area contributed by atoms with Crippen LogP contribution in [0.1, 0.15) is 35.2 Å². The van der Waals surface area contributed by atoms with Crippen LogP contribution in [0.25, 0.3) is 0 Å². The van der Waals surface area contributed by atoms with Crippen molar-refractivity contribution in [2.45, 2.75) is 32.9 Å². The predicted octanol–water partition coefficient (Wildman–Crippen LogP) is 1.51. The first-order chi connectivity index (χ1) is 9.97. The highest BCUT2D eigenvalue weighted by molar-refractivity contribution is 5.88. The molecule has 0 aliphatic carbocycles. The van der Waals surface area contributed by atoms with Crippen molar-refractivity contribution in [3.63, 3.8) is 0 Å². The van der Waals surface area contributed by atoms with Gasteiger partial charge in [0.05, 0.1) is 12.6 Å². The van der Waals surface area contributed by atoms with E-state index in [0.717, 1.165) is 13.0 Å². The molecule has 1 aliphatic heterocycles. The third-order valence-electron chi connectivity index (χ3n) is 3.68. The Hall–Kier alpha value is -2.02. The lowest BCUT2D eigenvalue weighted by molar-refractivity contribution is 0.0695. The van der Waals surface area contributed by atoms with Crippen LogP contribution >= 0.6 is 0 Å². The Balaban J connectivity index is 1.76. The summed E-state index contributed by atoms with van der Waals surface area (Å²) < 4.78 is 10.7. The summed E-state index contributed by atoms with van der Waals surface area (Å²) in [6.45, 7) is 5.02. The molecule has 1 aromatic rings. The van der Waals surface area contributed by atoms with Crippen LogP contribution in [-0.4, -0.2) is 36.4 Å². The molecule has 116 valence electrons. The first kappa shape index (κ1) is 15.4. The maximum absolute atomic E-state index is 11.7. The molecule has 1 fully saturated rings. The van der Waals surface area contributed by atoms with Gasteiger partial charge in [-0.3, -0.25) is 0 Å². The van der Waals surface area contributed by atoms with Crippen LogP contribution in [0.4, 0.5) is 4.79 Å². The highest BCUT2D eigenvalue weighted by Gasteiger charge is 2.24. The molecule has 1 aromatic heterocycles. The summed E-state index contributed by atoms with van der Waals surface area (Å²) in [4.78, 5) is 22.6. The Morgan fingerprint density at radius 3 is 2.76 bits per heavy atom. The van der Waals surface area contributed by atoms with Crippen molar-refractivity contribution in [2.24, 2.45) is 5.92 Å². The topological polar surface area (TPSA) is 101 Å². The van der Waals surface area contributed by atoms with Crippen molar-refractivity contribution < 1.29 is 23.8 Å². The van der Waals surface area contributed by atoms with Gasteiger partial charge in [-0.25, -0.2) is 9.59 Å². The molecule has 0 saturated carbocycles. The number of hydrogen-bond donors (Lipinski definition) is 3. The number of ether oxygens (including phenoxy) is 1. The Morgan fingerprint density at radius 2 is 2.19 bits per heavy atom. The number of aromatic carboxylic acids is 1. The van der Waals surface area contributed by atoms with Crippen LogP contribution in [-0.2, 0) is 11.3 Å². The molecule has 0 radical (unpaired) electrons. The van der Waals surface area contributed by atoms with Gasteiger partial charge in [0, 0.05) is 19.1 Å². The number of furan rings is 1. The zero-order valence-corrected chi connectivity index (χ0v) is 12.1. The molecule has 2 heterocycles. The summed E-state index contributed by atoms with van der Waals surface area (Å²) in [6.07, 6.45) is 1.11. The largest absolute Gasteiger partial charge is 0.478 e. The van der Waals surface area contributed by atoms with E-state index in [2.05, 4.69) is 10.6 Å². The summed E-state index contributed by atoms with van der Waals surface area (Å²) in [7, 11) is 0. The standard InChI is InChI=1S/C14H20N2O5/c1-8-10(3-4-20-8)6-15-14(19)16-7-11-5-12(13(17)18)9(2)21-11/h5,8,10H,3-4,6-7H2,1-2H3,(H,17,18)(H2,15,16,19). The van der Waals surface area contributed by atoms with E-state index in [0.29, 0.717) is 24.0 Å². The molecule has 3 N–H and O–H groups in total. The van der Waals surface area contributed by atoms with Gasteiger partial charge in [-0.15, -0.1) is 0 Å². The molecule has 0 bridgehead atoms. The van der Waals surface area contributed by atoms with Crippen LogP contribution in [0.5, 0.6) is 0 Å². The van der Waals surface area contributed by atoms with E-state index in [1.54, 1.807) is 6.92 Å². The SMILES string of the molecule is Cc1oc(CNC(=O)NCC2CCOC2C)cc1C(=O)O. The predicted molar refractivity (Wildman–Crippen MR) is 74.2 cm³/mol. The normalized spacial score (nSPS) is 21.2. The summed E-state index contributed by atoms with van der Waals surface area (Å²) in [5, 5.41) is 14.3. The number of carbonyl (C=O) groups is 2. The van der Waals surface area contributed by atoms with Gasteiger partial charge in [0.15, 0.2) is 0 Å². The lowest BCUT2D eigenvalue weighted by Gasteiger charge is -2.14. The number of amides is 2. The van der Waals surface area contributed by atoms with E-state index < -0.39 is 5.97 Å². The second-order valence-electron chi connectivity index (χ2n) is 5.18. The zero-order chi connectivity index (χ0) is 15.4. The average Bonchev–Trinajstić information content (AvgIpc) is 3.00. The number of rotatable bonds is 5. The number of carboxylic acid groups (broad SMARTS) is 1. The van der Waals surface area contributed by atoms with Crippen molar-refractivity contribution in [3.8, 4) is 0 Å². The van der Waals surface area contributed by atoms with E-state index in [4.69, 9.17) is 14.3 Å². The molecular formula is C14H20N2O5. The van der Waals surface area contributed by atoms with E-state index in [-0.39, 0.29) is 24.2 Å². The summed E-state index contributed by atoms with van der Waals surface area (Å²) in [6, 6.07) is 1.12. The van der Waals surface area contributed by atoms with Crippen molar-refractivity contribution in [1.82, 2.24) is 10.6 Å². The first-order valence-corrected chi connectivity index (χ1v) is 6.93. The average molecular weight is 296 g/mol. The van der Waals surface area contributed by atoms with Crippen molar-refractivity contribution in [2.75, 3.05) is 13.2 Å². The number of urea groups is 1. The number of nitrogens with one attached hydrogen (secondary N) is 2. The van der Waals surface area contributed by atoms with Crippen LogP contribution in [0.3, 0.4) is 0 Å². The summed E-state index contributed by atoms with van der Waals surface area (Å²) in [5.41, 5.74) is 0.115.